The number of nitrogens with one attached hydrogen (secondary N) is 1. The van der Waals surface area contributed by atoms with Crippen LogP contribution in [-0.4, -0.2) is 52.0 Å². The van der Waals surface area contributed by atoms with Crippen molar-refractivity contribution in [2.24, 2.45) is 0 Å². The molecule has 2 aromatic rings. The number of benzene rings is 2. The minimum atomic E-state index is -3.53. The standard InChI is InChI=1S/C24H32N2O5S/c1-19-6-9-21(10-7-19)31-17-14-25-24(27)13-8-20-18-22(11-12-23(20)30-2)32(28,29)26-15-4-3-5-16-26/h6-7,9-12,18H,3-5,8,13-17H2,1-2H3,(H,25,27). The molecule has 1 aliphatic heterocycles. The normalized spacial score (nSPS) is 14.7. The van der Waals surface area contributed by atoms with Gasteiger partial charge in [0.1, 0.15) is 18.1 Å². The Hall–Kier alpha value is -2.58. The van der Waals surface area contributed by atoms with Crippen molar-refractivity contribution in [3.63, 3.8) is 0 Å². The summed E-state index contributed by atoms with van der Waals surface area (Å²) in [4.78, 5) is 12.5. The summed E-state index contributed by atoms with van der Waals surface area (Å²) in [6.45, 7) is 3.89. The van der Waals surface area contributed by atoms with E-state index in [9.17, 15) is 13.2 Å². The number of carbonyl (C=O) groups is 1. The van der Waals surface area contributed by atoms with Crippen molar-refractivity contribution in [1.29, 1.82) is 0 Å². The highest BCUT2D eigenvalue weighted by Gasteiger charge is 2.26. The molecule has 1 N–H and O–H groups in total. The van der Waals surface area contributed by atoms with Crippen molar-refractivity contribution in [3.8, 4) is 11.5 Å². The van der Waals surface area contributed by atoms with Crippen LogP contribution >= 0.6 is 0 Å². The van der Waals surface area contributed by atoms with E-state index >= 15 is 0 Å². The van der Waals surface area contributed by atoms with E-state index in [1.807, 2.05) is 31.2 Å². The van der Waals surface area contributed by atoms with E-state index in [1.54, 1.807) is 29.6 Å². The van der Waals surface area contributed by atoms with E-state index < -0.39 is 10.0 Å². The lowest BCUT2D eigenvalue weighted by atomic mass is 10.1. The number of sulfonamides is 1. The molecule has 1 saturated heterocycles. The third-order valence-electron chi connectivity index (χ3n) is 5.54. The Labute approximate surface area is 190 Å². The zero-order valence-corrected chi connectivity index (χ0v) is 19.6. The van der Waals surface area contributed by atoms with Gasteiger partial charge >= 0.3 is 0 Å². The zero-order chi connectivity index (χ0) is 23.0. The summed E-state index contributed by atoms with van der Waals surface area (Å²) in [5.74, 6) is 1.23. The van der Waals surface area contributed by atoms with Gasteiger partial charge in [-0.3, -0.25) is 4.79 Å². The number of methoxy groups -OCH3 is 1. The number of carbonyl (C=O) groups excluding carboxylic acids is 1. The monoisotopic (exact) mass is 460 g/mol. The Morgan fingerprint density at radius 3 is 2.47 bits per heavy atom. The van der Waals surface area contributed by atoms with E-state index in [1.165, 1.54) is 0 Å². The quantitative estimate of drug-likeness (QED) is 0.550. The van der Waals surface area contributed by atoms with E-state index in [0.717, 1.165) is 30.6 Å². The summed E-state index contributed by atoms with van der Waals surface area (Å²) >= 11 is 0. The first kappa shape index (κ1) is 24.1. The van der Waals surface area contributed by atoms with Gasteiger partial charge < -0.3 is 14.8 Å². The van der Waals surface area contributed by atoms with Gasteiger partial charge in [0.05, 0.1) is 18.6 Å². The molecule has 0 spiro atoms. The fourth-order valence-corrected chi connectivity index (χ4v) is 5.26. The first-order valence-corrected chi connectivity index (χ1v) is 12.5. The SMILES string of the molecule is COc1ccc(S(=O)(=O)N2CCCCC2)cc1CCC(=O)NCCOc1ccc(C)cc1. The Kier molecular flexibility index (Phi) is 8.53. The smallest absolute Gasteiger partial charge is 0.243 e. The van der Waals surface area contributed by atoms with Crippen LogP contribution in [0.4, 0.5) is 0 Å². The van der Waals surface area contributed by atoms with E-state index in [-0.39, 0.29) is 17.2 Å². The highest BCUT2D eigenvalue weighted by Crippen LogP contribution is 2.27. The van der Waals surface area contributed by atoms with Crippen molar-refractivity contribution in [1.82, 2.24) is 9.62 Å². The lowest BCUT2D eigenvalue weighted by Crippen LogP contribution is -2.35. The number of piperidine rings is 1. The predicted molar refractivity (Wildman–Crippen MR) is 124 cm³/mol. The molecule has 0 bridgehead atoms. The van der Waals surface area contributed by atoms with Crippen LogP contribution in [0.1, 0.15) is 36.8 Å². The van der Waals surface area contributed by atoms with Crippen LogP contribution in [-0.2, 0) is 21.2 Å². The largest absolute Gasteiger partial charge is 0.496 e. The first-order valence-electron chi connectivity index (χ1n) is 11.0. The molecule has 32 heavy (non-hydrogen) atoms. The van der Waals surface area contributed by atoms with Crippen molar-refractivity contribution >= 4 is 15.9 Å². The number of hydrogen-bond acceptors (Lipinski definition) is 5. The molecular formula is C24H32N2O5S. The summed E-state index contributed by atoms with van der Waals surface area (Å²) in [7, 11) is -1.99. The van der Waals surface area contributed by atoms with Gasteiger partial charge in [-0.25, -0.2) is 8.42 Å². The fourth-order valence-electron chi connectivity index (χ4n) is 3.70. The molecule has 1 heterocycles. The van der Waals surface area contributed by atoms with Gasteiger partial charge in [-0.05, 0) is 62.1 Å². The summed E-state index contributed by atoms with van der Waals surface area (Å²) in [5, 5.41) is 2.84. The molecule has 1 amide bonds. The number of aryl methyl sites for hydroxylation is 2. The van der Waals surface area contributed by atoms with Crippen LogP contribution in [0.2, 0.25) is 0 Å². The highest BCUT2D eigenvalue weighted by atomic mass is 32.2. The topological polar surface area (TPSA) is 84.9 Å². The van der Waals surface area contributed by atoms with Crippen molar-refractivity contribution in [2.75, 3.05) is 33.4 Å². The van der Waals surface area contributed by atoms with Gasteiger partial charge in [0.15, 0.2) is 0 Å². The Morgan fingerprint density at radius 2 is 1.78 bits per heavy atom. The number of rotatable bonds is 10. The number of amides is 1. The lowest BCUT2D eigenvalue weighted by Gasteiger charge is -2.26. The number of nitrogens with zero attached hydrogens (tertiary/aromatic N) is 1. The minimum absolute atomic E-state index is 0.121. The van der Waals surface area contributed by atoms with Crippen LogP contribution in [0.3, 0.4) is 0 Å². The van der Waals surface area contributed by atoms with E-state index in [4.69, 9.17) is 9.47 Å². The molecule has 0 radical (unpaired) electrons. The van der Waals surface area contributed by atoms with Gasteiger partial charge in [-0.15, -0.1) is 0 Å². The molecule has 1 aliphatic rings. The van der Waals surface area contributed by atoms with Crippen LogP contribution in [0.15, 0.2) is 47.4 Å². The maximum atomic E-state index is 13.0. The molecule has 0 aliphatic carbocycles. The maximum Gasteiger partial charge on any atom is 0.243 e. The molecule has 2 aromatic carbocycles. The predicted octanol–water partition coefficient (Wildman–Crippen LogP) is 3.31. The van der Waals surface area contributed by atoms with Crippen LogP contribution in [0, 0.1) is 6.92 Å². The average Bonchev–Trinajstić information content (AvgIpc) is 2.82. The van der Waals surface area contributed by atoms with Crippen LogP contribution in [0.25, 0.3) is 0 Å². The molecular weight excluding hydrogens is 428 g/mol. The second-order valence-corrected chi connectivity index (χ2v) is 9.89. The maximum absolute atomic E-state index is 13.0. The molecule has 174 valence electrons. The Bertz CT molecular complexity index is 1000. The van der Waals surface area contributed by atoms with Crippen molar-refractivity contribution in [2.45, 2.75) is 43.9 Å². The molecule has 8 heteroatoms. The second kappa shape index (κ2) is 11.3. The summed E-state index contributed by atoms with van der Waals surface area (Å²) in [6.07, 6.45) is 3.45. The van der Waals surface area contributed by atoms with Gasteiger partial charge in [-0.2, -0.15) is 4.31 Å². The number of ether oxygens (including phenoxy) is 2. The van der Waals surface area contributed by atoms with E-state index in [0.29, 0.717) is 44.0 Å². The number of hydrogen-bond donors (Lipinski definition) is 1. The summed E-state index contributed by atoms with van der Waals surface area (Å²) in [6, 6.07) is 12.6. The molecule has 7 nitrogen and oxygen atoms in total. The first-order chi connectivity index (χ1) is 15.4. The summed E-state index contributed by atoms with van der Waals surface area (Å²) < 4.78 is 38.5. The van der Waals surface area contributed by atoms with Crippen molar-refractivity contribution < 1.29 is 22.7 Å². The Balaban J connectivity index is 1.53. The summed E-state index contributed by atoms with van der Waals surface area (Å²) in [5.41, 5.74) is 1.87. The molecule has 0 saturated carbocycles. The molecule has 1 fully saturated rings. The van der Waals surface area contributed by atoms with Gasteiger partial charge in [0, 0.05) is 19.5 Å². The zero-order valence-electron chi connectivity index (χ0n) is 18.8. The fraction of sp³-hybridized carbons (Fsp3) is 0.458. The van der Waals surface area contributed by atoms with Gasteiger partial charge in [0.25, 0.3) is 0 Å². The van der Waals surface area contributed by atoms with Crippen LogP contribution in [0.5, 0.6) is 11.5 Å². The highest BCUT2D eigenvalue weighted by molar-refractivity contribution is 7.89. The van der Waals surface area contributed by atoms with E-state index in [2.05, 4.69) is 5.32 Å². The molecule has 0 aromatic heterocycles. The van der Waals surface area contributed by atoms with Crippen LogP contribution < -0.4 is 14.8 Å². The van der Waals surface area contributed by atoms with Crippen molar-refractivity contribution in [3.05, 3.63) is 53.6 Å². The van der Waals surface area contributed by atoms with Gasteiger partial charge in [0.2, 0.25) is 15.9 Å². The third kappa shape index (κ3) is 6.46. The Morgan fingerprint density at radius 1 is 1.06 bits per heavy atom. The second-order valence-electron chi connectivity index (χ2n) is 7.95. The molecule has 0 unspecified atom stereocenters. The average molecular weight is 461 g/mol. The van der Waals surface area contributed by atoms with Gasteiger partial charge in [-0.1, -0.05) is 24.1 Å². The lowest BCUT2D eigenvalue weighted by molar-refractivity contribution is -0.121. The third-order valence-corrected chi connectivity index (χ3v) is 7.43. The molecule has 0 atom stereocenters. The molecule has 3 rings (SSSR count). The minimum Gasteiger partial charge on any atom is -0.496 e.